The van der Waals surface area contributed by atoms with Crippen LogP contribution in [0.25, 0.3) is 6.08 Å². The molecule has 43 heavy (non-hydrogen) atoms. The predicted octanol–water partition coefficient (Wildman–Crippen LogP) is 6.62. The van der Waals surface area contributed by atoms with Gasteiger partial charge in [-0.25, -0.2) is 0 Å². The maximum absolute atomic E-state index is 13.4. The lowest BCUT2D eigenvalue weighted by molar-refractivity contribution is -0.115. The van der Waals surface area contributed by atoms with E-state index in [0.717, 1.165) is 4.90 Å². The van der Waals surface area contributed by atoms with Crippen molar-refractivity contribution in [2.24, 2.45) is 0 Å². The highest BCUT2D eigenvalue weighted by molar-refractivity contribution is 8.00. The Morgan fingerprint density at radius 2 is 1.58 bits per heavy atom. The minimum atomic E-state index is -0.499. The van der Waals surface area contributed by atoms with Crippen LogP contribution in [0.2, 0.25) is 0 Å². The van der Waals surface area contributed by atoms with E-state index in [4.69, 9.17) is 9.47 Å². The molecule has 0 aromatic heterocycles. The van der Waals surface area contributed by atoms with Crippen LogP contribution < -0.4 is 25.4 Å². The lowest BCUT2D eigenvalue weighted by Gasteiger charge is -2.15. The minimum absolute atomic E-state index is 0.0674. The van der Waals surface area contributed by atoms with E-state index in [-0.39, 0.29) is 11.6 Å². The van der Waals surface area contributed by atoms with E-state index >= 15 is 0 Å². The number of hydrogen-bond donors (Lipinski definition) is 3. The van der Waals surface area contributed by atoms with E-state index in [1.807, 2.05) is 44.2 Å². The molecule has 0 saturated carbocycles. The van der Waals surface area contributed by atoms with E-state index in [2.05, 4.69) is 16.0 Å². The highest BCUT2D eigenvalue weighted by Crippen LogP contribution is 2.29. The highest BCUT2D eigenvalue weighted by atomic mass is 32.2. The van der Waals surface area contributed by atoms with Crippen molar-refractivity contribution in [3.63, 3.8) is 0 Å². The molecular formula is C34H33N3O5S. The molecule has 0 aliphatic carbocycles. The fourth-order valence-corrected chi connectivity index (χ4v) is 4.92. The quantitative estimate of drug-likeness (QED) is 0.126. The summed E-state index contributed by atoms with van der Waals surface area (Å²) in [6, 6.07) is 30.3. The Balaban J connectivity index is 1.48. The van der Waals surface area contributed by atoms with Gasteiger partial charge in [0.1, 0.15) is 17.2 Å². The van der Waals surface area contributed by atoms with Gasteiger partial charge in [-0.2, -0.15) is 0 Å². The van der Waals surface area contributed by atoms with Crippen molar-refractivity contribution in [3.8, 4) is 11.5 Å². The van der Waals surface area contributed by atoms with Crippen molar-refractivity contribution < 1.29 is 23.9 Å². The number of amides is 3. The zero-order chi connectivity index (χ0) is 30.6. The summed E-state index contributed by atoms with van der Waals surface area (Å²) >= 11 is 1.35. The van der Waals surface area contributed by atoms with E-state index < -0.39 is 17.1 Å². The van der Waals surface area contributed by atoms with Gasteiger partial charge >= 0.3 is 0 Å². The Morgan fingerprint density at radius 3 is 2.30 bits per heavy atom. The number of para-hydroxylation sites is 2. The van der Waals surface area contributed by atoms with Crippen LogP contribution >= 0.6 is 11.8 Å². The first kappa shape index (κ1) is 30.9. The summed E-state index contributed by atoms with van der Waals surface area (Å²) in [6.45, 7) is 4.18. The zero-order valence-corrected chi connectivity index (χ0v) is 24.9. The third-order valence-electron chi connectivity index (χ3n) is 6.17. The molecule has 0 bridgehead atoms. The monoisotopic (exact) mass is 595 g/mol. The van der Waals surface area contributed by atoms with Crippen LogP contribution in [-0.4, -0.2) is 36.7 Å². The lowest BCUT2D eigenvalue weighted by Crippen LogP contribution is -2.30. The van der Waals surface area contributed by atoms with Crippen LogP contribution in [-0.2, 0) is 9.59 Å². The van der Waals surface area contributed by atoms with Crippen LogP contribution in [0.4, 0.5) is 11.4 Å². The maximum atomic E-state index is 13.4. The van der Waals surface area contributed by atoms with Crippen molar-refractivity contribution in [2.45, 2.75) is 24.0 Å². The summed E-state index contributed by atoms with van der Waals surface area (Å²) in [5.74, 6) is 0.191. The third kappa shape index (κ3) is 8.98. The van der Waals surface area contributed by atoms with Gasteiger partial charge in [0, 0.05) is 16.1 Å². The normalized spacial score (nSPS) is 11.7. The molecule has 4 rings (SSSR count). The second kappa shape index (κ2) is 15.3. The Labute approximate surface area is 255 Å². The summed E-state index contributed by atoms with van der Waals surface area (Å²) < 4.78 is 10.8. The number of carbonyl (C=O) groups excluding carboxylic acids is 3. The first-order valence-corrected chi connectivity index (χ1v) is 14.6. The fraction of sp³-hybridized carbons (Fsp3) is 0.147. The maximum Gasteiger partial charge on any atom is 0.272 e. The molecule has 1 atom stereocenters. The number of carbonyl (C=O) groups is 3. The molecule has 0 radical (unpaired) electrons. The molecule has 0 heterocycles. The number of hydrogen-bond acceptors (Lipinski definition) is 6. The van der Waals surface area contributed by atoms with Gasteiger partial charge in [-0.1, -0.05) is 48.5 Å². The zero-order valence-electron chi connectivity index (χ0n) is 24.1. The van der Waals surface area contributed by atoms with E-state index in [1.165, 1.54) is 11.8 Å². The molecule has 4 aromatic carbocycles. The molecule has 220 valence electrons. The smallest absolute Gasteiger partial charge is 0.272 e. The van der Waals surface area contributed by atoms with Gasteiger partial charge in [-0.05, 0) is 80.1 Å². The Kier molecular flexibility index (Phi) is 11.0. The SMILES string of the molecule is CCOc1ccccc1NC(=O)C(C)Sc1cccc(NC(=O)/C(=C\c2ccc(OC)cc2)NC(=O)c2ccccc2)c1. The van der Waals surface area contributed by atoms with Crippen LogP contribution in [0.1, 0.15) is 29.8 Å². The summed E-state index contributed by atoms with van der Waals surface area (Å²) in [4.78, 5) is 40.1. The van der Waals surface area contributed by atoms with Gasteiger partial charge in [-0.3, -0.25) is 14.4 Å². The highest BCUT2D eigenvalue weighted by Gasteiger charge is 2.18. The Morgan fingerprint density at radius 1 is 0.860 bits per heavy atom. The summed E-state index contributed by atoms with van der Waals surface area (Å²) in [7, 11) is 1.57. The molecule has 9 heteroatoms. The van der Waals surface area contributed by atoms with Crippen LogP contribution in [0.3, 0.4) is 0 Å². The Hall–Kier alpha value is -5.02. The third-order valence-corrected chi connectivity index (χ3v) is 7.27. The first-order valence-electron chi connectivity index (χ1n) is 13.7. The number of ether oxygens (including phenoxy) is 2. The average molecular weight is 596 g/mol. The number of methoxy groups -OCH3 is 1. The molecule has 0 aliphatic rings. The van der Waals surface area contributed by atoms with Crippen molar-refractivity contribution in [3.05, 3.63) is 120 Å². The number of rotatable bonds is 12. The van der Waals surface area contributed by atoms with Crippen molar-refractivity contribution >= 4 is 46.9 Å². The first-order chi connectivity index (χ1) is 20.9. The molecule has 3 amide bonds. The molecule has 0 spiro atoms. The molecule has 3 N–H and O–H groups in total. The summed E-state index contributed by atoms with van der Waals surface area (Å²) in [5, 5.41) is 8.10. The average Bonchev–Trinajstić information content (AvgIpc) is 3.02. The lowest BCUT2D eigenvalue weighted by atomic mass is 10.1. The Bertz CT molecular complexity index is 1590. The van der Waals surface area contributed by atoms with E-state index in [9.17, 15) is 14.4 Å². The molecule has 4 aromatic rings. The van der Waals surface area contributed by atoms with Gasteiger partial charge < -0.3 is 25.4 Å². The van der Waals surface area contributed by atoms with E-state index in [0.29, 0.717) is 40.6 Å². The van der Waals surface area contributed by atoms with E-state index in [1.54, 1.807) is 86.0 Å². The van der Waals surface area contributed by atoms with Crippen LogP contribution in [0.5, 0.6) is 11.5 Å². The minimum Gasteiger partial charge on any atom is -0.497 e. The van der Waals surface area contributed by atoms with Crippen LogP contribution in [0.15, 0.2) is 114 Å². The molecule has 1 unspecified atom stereocenters. The van der Waals surface area contributed by atoms with Crippen molar-refractivity contribution in [2.75, 3.05) is 24.4 Å². The predicted molar refractivity (Wildman–Crippen MR) is 172 cm³/mol. The number of anilines is 2. The van der Waals surface area contributed by atoms with Gasteiger partial charge in [0.25, 0.3) is 11.8 Å². The topological polar surface area (TPSA) is 106 Å². The standard InChI is InChI=1S/C34H33N3O5S/c1-4-42-31-16-9-8-15-29(31)36-32(38)23(2)43-28-14-10-13-26(22-28)35-34(40)30(21-24-17-19-27(41-3)20-18-24)37-33(39)25-11-6-5-7-12-25/h5-23H,4H2,1-3H3,(H,35,40)(H,36,38)(H,37,39)/b30-21+. The van der Waals surface area contributed by atoms with Crippen molar-refractivity contribution in [1.29, 1.82) is 0 Å². The largest absolute Gasteiger partial charge is 0.497 e. The summed E-state index contributed by atoms with van der Waals surface area (Å²) in [6.07, 6.45) is 1.60. The second-order valence-corrected chi connectivity index (χ2v) is 10.7. The summed E-state index contributed by atoms with van der Waals surface area (Å²) in [5.41, 5.74) is 2.31. The van der Waals surface area contributed by atoms with Gasteiger partial charge in [0.2, 0.25) is 5.91 Å². The second-order valence-electron chi connectivity index (χ2n) is 9.31. The number of thioether (sulfide) groups is 1. The molecule has 0 aliphatic heterocycles. The number of nitrogens with one attached hydrogen (secondary N) is 3. The number of benzene rings is 4. The van der Waals surface area contributed by atoms with Crippen LogP contribution in [0, 0.1) is 0 Å². The molecular weight excluding hydrogens is 562 g/mol. The van der Waals surface area contributed by atoms with Gasteiger partial charge in [-0.15, -0.1) is 11.8 Å². The van der Waals surface area contributed by atoms with Gasteiger partial charge in [0.05, 0.1) is 24.7 Å². The fourth-order valence-electron chi connectivity index (χ4n) is 4.00. The molecule has 8 nitrogen and oxygen atoms in total. The van der Waals surface area contributed by atoms with Crippen molar-refractivity contribution in [1.82, 2.24) is 5.32 Å². The van der Waals surface area contributed by atoms with Gasteiger partial charge in [0.15, 0.2) is 0 Å². The molecule has 0 fully saturated rings. The molecule has 0 saturated heterocycles.